The van der Waals surface area contributed by atoms with Crippen molar-refractivity contribution in [3.05, 3.63) is 16.5 Å². The zero-order valence-corrected chi connectivity index (χ0v) is 15.8. The lowest BCUT2D eigenvalue weighted by Crippen LogP contribution is -3.00. The van der Waals surface area contributed by atoms with Crippen LogP contribution >= 0.6 is 23.1 Å². The van der Waals surface area contributed by atoms with Gasteiger partial charge in [-0.15, -0.1) is 23.1 Å². The van der Waals surface area contributed by atoms with Crippen LogP contribution in [0.2, 0.25) is 0 Å². The van der Waals surface area contributed by atoms with E-state index in [4.69, 9.17) is 0 Å². The molecule has 0 saturated carbocycles. The van der Waals surface area contributed by atoms with Crippen LogP contribution in [-0.4, -0.2) is 43.7 Å². The van der Waals surface area contributed by atoms with Crippen LogP contribution in [0.1, 0.15) is 28.6 Å². The summed E-state index contributed by atoms with van der Waals surface area (Å²) in [5.41, 5.74) is 0.998. The third-order valence-electron chi connectivity index (χ3n) is 3.20. The molecule has 2 rings (SSSR count). The van der Waals surface area contributed by atoms with Gasteiger partial charge in [0.15, 0.2) is 5.78 Å². The Bertz CT molecular complexity index is 451. The van der Waals surface area contributed by atoms with Crippen LogP contribution in [0.15, 0.2) is 10.3 Å². The second kappa shape index (κ2) is 6.91. The van der Waals surface area contributed by atoms with Gasteiger partial charge in [-0.25, -0.2) is 0 Å². The lowest BCUT2D eigenvalue weighted by Gasteiger charge is -2.27. The second-order valence-electron chi connectivity index (χ2n) is 5.94. The first-order valence-corrected chi connectivity index (χ1v) is 8.31. The average Bonchev–Trinajstić information content (AvgIpc) is 2.63. The summed E-state index contributed by atoms with van der Waals surface area (Å²) in [4.78, 5) is 14.0. The fourth-order valence-corrected chi connectivity index (χ4v) is 4.90. The molecule has 0 spiro atoms. The van der Waals surface area contributed by atoms with E-state index in [9.17, 15) is 4.79 Å². The fraction of sp³-hybridized carbons (Fsp3) is 0.643. The number of hydrogen-bond acceptors (Lipinski definition) is 3. The predicted molar refractivity (Wildman–Crippen MR) is 79.8 cm³/mol. The van der Waals surface area contributed by atoms with Crippen molar-refractivity contribution in [1.29, 1.82) is 0 Å². The van der Waals surface area contributed by atoms with Gasteiger partial charge in [-0.3, -0.25) is 4.79 Å². The molecule has 0 aliphatic carbocycles. The Morgan fingerprint density at radius 3 is 2.63 bits per heavy atom. The zero-order valence-electron chi connectivity index (χ0n) is 12.0. The van der Waals surface area contributed by atoms with Crippen molar-refractivity contribution in [3.63, 3.8) is 0 Å². The summed E-state index contributed by atoms with van der Waals surface area (Å²) in [6.45, 7) is 3.10. The van der Waals surface area contributed by atoms with Gasteiger partial charge in [0, 0.05) is 10.4 Å². The Hall–Kier alpha value is 0.410. The number of nitrogens with zero attached hydrogens (tertiary/aromatic N) is 1. The number of halogens is 1. The first kappa shape index (κ1) is 17.5. The van der Waals surface area contributed by atoms with Crippen molar-refractivity contribution >= 4 is 28.9 Å². The van der Waals surface area contributed by atoms with Crippen LogP contribution in [0.4, 0.5) is 0 Å². The molecular formula is C14H22INOS2. The van der Waals surface area contributed by atoms with Gasteiger partial charge in [-0.05, 0) is 24.7 Å². The first-order chi connectivity index (χ1) is 8.40. The van der Waals surface area contributed by atoms with E-state index >= 15 is 0 Å². The minimum absolute atomic E-state index is 0. The van der Waals surface area contributed by atoms with Crippen molar-refractivity contribution in [3.8, 4) is 0 Å². The topological polar surface area (TPSA) is 17.1 Å². The molecule has 1 aromatic heterocycles. The molecule has 19 heavy (non-hydrogen) atoms. The minimum Gasteiger partial charge on any atom is -1.00 e. The lowest BCUT2D eigenvalue weighted by molar-refractivity contribution is -0.872. The van der Waals surface area contributed by atoms with Crippen molar-refractivity contribution < 1.29 is 33.3 Å². The number of ketones is 1. The zero-order chi connectivity index (χ0) is 13.3. The van der Waals surface area contributed by atoms with Gasteiger partial charge in [-0.1, -0.05) is 6.92 Å². The molecule has 5 heteroatoms. The largest absolute Gasteiger partial charge is 1.00 e. The van der Waals surface area contributed by atoms with E-state index in [0.717, 1.165) is 35.2 Å². The number of quaternary nitrogens is 1. The fourth-order valence-electron chi connectivity index (χ4n) is 2.36. The van der Waals surface area contributed by atoms with Crippen molar-refractivity contribution in [1.82, 2.24) is 0 Å². The highest BCUT2D eigenvalue weighted by atomic mass is 127. The Morgan fingerprint density at radius 1 is 1.37 bits per heavy atom. The van der Waals surface area contributed by atoms with Crippen molar-refractivity contribution in [2.24, 2.45) is 5.92 Å². The summed E-state index contributed by atoms with van der Waals surface area (Å²) >= 11 is 3.68. The molecular weight excluding hydrogens is 389 g/mol. The van der Waals surface area contributed by atoms with Crippen LogP contribution < -0.4 is 24.0 Å². The molecule has 108 valence electrons. The van der Waals surface area contributed by atoms with E-state index < -0.39 is 0 Å². The molecule has 0 saturated heterocycles. The number of carbonyl (C=O) groups excluding carboxylic acids is 1. The summed E-state index contributed by atoms with van der Waals surface area (Å²) in [5.74, 6) is 1.64. The second-order valence-corrected chi connectivity index (χ2v) is 8.44. The van der Waals surface area contributed by atoms with E-state index in [1.165, 1.54) is 9.09 Å². The number of hydrogen-bond donors (Lipinski definition) is 0. The number of aryl methyl sites for hydroxylation is 1. The van der Waals surface area contributed by atoms with Crippen LogP contribution in [0.5, 0.6) is 0 Å². The maximum atomic E-state index is 12.6. The molecule has 0 amide bonds. The molecule has 0 fully saturated rings. The van der Waals surface area contributed by atoms with Gasteiger partial charge in [0.2, 0.25) is 0 Å². The molecule has 1 atom stereocenters. The molecule has 0 N–H and O–H groups in total. The number of Topliss-reactive ketones (excluding diaryl/α,β-unsaturated/α-hetero) is 1. The standard InChI is InChI=1S/C14H22NOS2.HI/c1-5-11-8-12-13(16)10(9-15(2,3)4)6-7-17-14(12)18-11;/h8,10H,5-7,9H2,1-4H3;1H/q+1;/p-1. The SMILES string of the molecule is CCc1cc2c(s1)SCCC(C[N+](C)(C)C)C2=O.[I-]. The highest BCUT2D eigenvalue weighted by molar-refractivity contribution is 8.01. The highest BCUT2D eigenvalue weighted by Crippen LogP contribution is 2.38. The van der Waals surface area contributed by atoms with Gasteiger partial charge in [0.05, 0.1) is 37.8 Å². The summed E-state index contributed by atoms with van der Waals surface area (Å²) < 4.78 is 2.11. The lowest BCUT2D eigenvalue weighted by atomic mass is 9.95. The molecule has 0 radical (unpaired) electrons. The molecule has 1 unspecified atom stereocenters. The van der Waals surface area contributed by atoms with Crippen LogP contribution in [-0.2, 0) is 6.42 Å². The molecule has 0 aromatic carbocycles. The van der Waals surface area contributed by atoms with E-state index in [1.807, 2.05) is 23.1 Å². The number of thioether (sulfide) groups is 1. The quantitative estimate of drug-likeness (QED) is 0.527. The van der Waals surface area contributed by atoms with Crippen LogP contribution in [0, 0.1) is 5.92 Å². The predicted octanol–water partition coefficient (Wildman–Crippen LogP) is 0.315. The van der Waals surface area contributed by atoms with Crippen molar-refractivity contribution in [2.75, 3.05) is 33.4 Å². The third-order valence-corrected chi connectivity index (χ3v) is 5.80. The van der Waals surface area contributed by atoms with Crippen LogP contribution in [0.3, 0.4) is 0 Å². The third kappa shape index (κ3) is 4.44. The number of carbonyl (C=O) groups is 1. The monoisotopic (exact) mass is 411 g/mol. The maximum absolute atomic E-state index is 12.6. The molecule has 2 heterocycles. The normalized spacial score (nSPS) is 19.6. The van der Waals surface area contributed by atoms with E-state index in [1.54, 1.807) is 0 Å². The Morgan fingerprint density at radius 2 is 2.05 bits per heavy atom. The van der Waals surface area contributed by atoms with Crippen molar-refractivity contribution in [2.45, 2.75) is 24.0 Å². The Kier molecular flexibility index (Phi) is 6.35. The average molecular weight is 411 g/mol. The van der Waals surface area contributed by atoms with E-state index in [0.29, 0.717) is 5.78 Å². The Labute approximate surface area is 141 Å². The Balaban J connectivity index is 0.00000180. The van der Waals surface area contributed by atoms with Gasteiger partial charge in [0.1, 0.15) is 0 Å². The number of thiophene rings is 1. The molecule has 1 aromatic rings. The van der Waals surface area contributed by atoms with Crippen LogP contribution in [0.25, 0.3) is 0 Å². The van der Waals surface area contributed by atoms with Gasteiger partial charge in [0.25, 0.3) is 0 Å². The molecule has 1 aliphatic rings. The highest BCUT2D eigenvalue weighted by Gasteiger charge is 2.31. The number of rotatable bonds is 3. The first-order valence-electron chi connectivity index (χ1n) is 6.51. The summed E-state index contributed by atoms with van der Waals surface area (Å²) in [5, 5.41) is 0. The van der Waals surface area contributed by atoms with Gasteiger partial charge >= 0.3 is 0 Å². The number of fused-ring (bicyclic) bond motifs is 1. The minimum atomic E-state index is 0. The summed E-state index contributed by atoms with van der Waals surface area (Å²) in [6.07, 6.45) is 2.05. The molecule has 0 bridgehead atoms. The molecule has 2 nitrogen and oxygen atoms in total. The van der Waals surface area contributed by atoms with Gasteiger partial charge < -0.3 is 28.5 Å². The summed E-state index contributed by atoms with van der Waals surface area (Å²) in [6, 6.07) is 2.13. The maximum Gasteiger partial charge on any atom is 0.173 e. The smallest absolute Gasteiger partial charge is 0.173 e. The van der Waals surface area contributed by atoms with E-state index in [2.05, 4.69) is 34.1 Å². The van der Waals surface area contributed by atoms with Gasteiger partial charge in [-0.2, -0.15) is 0 Å². The summed E-state index contributed by atoms with van der Waals surface area (Å²) in [7, 11) is 6.49. The molecule has 1 aliphatic heterocycles. The van der Waals surface area contributed by atoms with E-state index in [-0.39, 0.29) is 29.9 Å².